The van der Waals surface area contributed by atoms with E-state index in [-0.39, 0.29) is 5.91 Å². The number of hydrogen-bond acceptors (Lipinski definition) is 3. The van der Waals surface area contributed by atoms with Gasteiger partial charge in [-0.25, -0.2) is 0 Å². The lowest BCUT2D eigenvalue weighted by molar-refractivity contribution is 0.0950. The van der Waals surface area contributed by atoms with E-state index >= 15 is 0 Å². The molecule has 0 atom stereocenters. The lowest BCUT2D eigenvalue weighted by Crippen LogP contribution is -2.23. The van der Waals surface area contributed by atoms with Crippen LogP contribution in [0.3, 0.4) is 0 Å². The summed E-state index contributed by atoms with van der Waals surface area (Å²) in [5.74, 6) is -0.112. The van der Waals surface area contributed by atoms with E-state index in [0.29, 0.717) is 12.1 Å². The molecule has 0 aliphatic rings. The van der Waals surface area contributed by atoms with Gasteiger partial charge in [-0.2, -0.15) is 0 Å². The second-order valence-electron chi connectivity index (χ2n) is 5.30. The molecule has 0 radical (unpaired) electrons. The fraction of sp³-hybridized carbons (Fsp3) is 0.105. The maximum atomic E-state index is 12.2. The topological polar surface area (TPSA) is 54.9 Å². The fourth-order valence-electron chi connectivity index (χ4n) is 2.26. The monoisotopic (exact) mass is 303 g/mol. The van der Waals surface area contributed by atoms with E-state index in [1.54, 1.807) is 12.4 Å². The van der Waals surface area contributed by atoms with E-state index in [0.717, 1.165) is 22.5 Å². The van der Waals surface area contributed by atoms with Crippen LogP contribution in [-0.4, -0.2) is 15.9 Å². The average molecular weight is 303 g/mol. The Labute approximate surface area is 135 Å². The van der Waals surface area contributed by atoms with Gasteiger partial charge < -0.3 is 5.32 Å². The van der Waals surface area contributed by atoms with Gasteiger partial charge in [0.05, 0.1) is 17.9 Å². The quantitative estimate of drug-likeness (QED) is 0.804. The number of pyridine rings is 2. The van der Waals surface area contributed by atoms with Crippen LogP contribution in [0.4, 0.5) is 0 Å². The summed E-state index contributed by atoms with van der Waals surface area (Å²) in [5.41, 5.74) is 4.52. The summed E-state index contributed by atoms with van der Waals surface area (Å²) in [7, 11) is 0. The summed E-state index contributed by atoms with van der Waals surface area (Å²) < 4.78 is 0. The number of benzene rings is 1. The number of aryl methyl sites for hydroxylation is 1. The second-order valence-corrected chi connectivity index (χ2v) is 5.30. The molecule has 0 saturated heterocycles. The molecule has 1 amide bonds. The fourth-order valence-corrected chi connectivity index (χ4v) is 2.26. The molecule has 4 nitrogen and oxygen atoms in total. The van der Waals surface area contributed by atoms with Crippen LogP contribution >= 0.6 is 0 Å². The SMILES string of the molecule is Cc1ccnc(-c2ccc(C(=O)NCc3ccccn3)cc2)c1. The summed E-state index contributed by atoms with van der Waals surface area (Å²) in [6, 6.07) is 17.1. The first-order valence-electron chi connectivity index (χ1n) is 7.43. The molecule has 0 bridgehead atoms. The predicted molar refractivity (Wildman–Crippen MR) is 89.8 cm³/mol. The first-order chi connectivity index (χ1) is 11.2. The van der Waals surface area contributed by atoms with Crippen LogP contribution in [0.15, 0.2) is 67.0 Å². The molecule has 114 valence electrons. The zero-order valence-electron chi connectivity index (χ0n) is 12.9. The highest BCUT2D eigenvalue weighted by Gasteiger charge is 2.06. The first kappa shape index (κ1) is 14.9. The third kappa shape index (κ3) is 3.80. The molecule has 2 aromatic heterocycles. The van der Waals surface area contributed by atoms with Crippen molar-refractivity contribution < 1.29 is 4.79 Å². The van der Waals surface area contributed by atoms with E-state index < -0.39 is 0 Å². The maximum Gasteiger partial charge on any atom is 0.251 e. The molecular weight excluding hydrogens is 286 g/mol. The van der Waals surface area contributed by atoms with Gasteiger partial charge in [0.25, 0.3) is 5.91 Å². The van der Waals surface area contributed by atoms with Crippen LogP contribution in [0.5, 0.6) is 0 Å². The second kappa shape index (κ2) is 6.83. The van der Waals surface area contributed by atoms with Gasteiger partial charge in [0.15, 0.2) is 0 Å². The number of rotatable bonds is 4. The number of nitrogens with one attached hydrogen (secondary N) is 1. The van der Waals surface area contributed by atoms with Crippen molar-refractivity contribution in [3.05, 3.63) is 83.8 Å². The number of aromatic nitrogens is 2. The van der Waals surface area contributed by atoms with E-state index in [4.69, 9.17) is 0 Å². The van der Waals surface area contributed by atoms with Crippen molar-refractivity contribution in [2.75, 3.05) is 0 Å². The number of amides is 1. The molecule has 3 aromatic rings. The molecule has 1 aromatic carbocycles. The zero-order chi connectivity index (χ0) is 16.1. The molecule has 2 heterocycles. The molecule has 4 heteroatoms. The van der Waals surface area contributed by atoms with Crippen LogP contribution < -0.4 is 5.32 Å². The molecule has 1 N–H and O–H groups in total. The van der Waals surface area contributed by atoms with E-state index in [2.05, 4.69) is 15.3 Å². The Bertz CT molecular complexity index is 798. The normalized spacial score (nSPS) is 10.3. The van der Waals surface area contributed by atoms with E-state index in [1.165, 1.54) is 0 Å². The molecule has 0 spiro atoms. The summed E-state index contributed by atoms with van der Waals surface area (Å²) in [5, 5.41) is 2.87. The Hall–Kier alpha value is -3.01. The highest BCUT2D eigenvalue weighted by molar-refractivity contribution is 5.94. The molecule has 23 heavy (non-hydrogen) atoms. The van der Waals surface area contributed by atoms with Gasteiger partial charge in [-0.15, -0.1) is 0 Å². The zero-order valence-corrected chi connectivity index (χ0v) is 12.9. The first-order valence-corrected chi connectivity index (χ1v) is 7.43. The highest BCUT2D eigenvalue weighted by Crippen LogP contribution is 2.18. The third-order valence-electron chi connectivity index (χ3n) is 3.51. The number of carbonyl (C=O) groups excluding carboxylic acids is 1. The van der Waals surface area contributed by atoms with E-state index in [9.17, 15) is 4.79 Å². The number of nitrogens with zero attached hydrogens (tertiary/aromatic N) is 2. The van der Waals surface area contributed by atoms with Gasteiger partial charge in [-0.05, 0) is 48.9 Å². The Kier molecular flexibility index (Phi) is 4.43. The average Bonchev–Trinajstić information content (AvgIpc) is 2.61. The lowest BCUT2D eigenvalue weighted by Gasteiger charge is -2.06. The van der Waals surface area contributed by atoms with Gasteiger partial charge in [-0.1, -0.05) is 18.2 Å². The number of hydrogen-bond donors (Lipinski definition) is 1. The lowest BCUT2D eigenvalue weighted by atomic mass is 10.1. The van der Waals surface area contributed by atoms with Crippen molar-refractivity contribution in [3.63, 3.8) is 0 Å². The molecule has 0 saturated carbocycles. The Balaban J connectivity index is 1.68. The van der Waals surface area contributed by atoms with E-state index in [1.807, 2.05) is 61.5 Å². The molecule has 0 fully saturated rings. The minimum absolute atomic E-state index is 0.112. The highest BCUT2D eigenvalue weighted by atomic mass is 16.1. The molecule has 3 rings (SSSR count). The predicted octanol–water partition coefficient (Wildman–Crippen LogP) is 3.38. The largest absolute Gasteiger partial charge is 0.346 e. The summed E-state index contributed by atoms with van der Waals surface area (Å²) >= 11 is 0. The Morgan fingerprint density at radius 3 is 2.52 bits per heavy atom. The van der Waals surface area contributed by atoms with Crippen molar-refractivity contribution in [1.29, 1.82) is 0 Å². The third-order valence-corrected chi connectivity index (χ3v) is 3.51. The van der Waals surface area contributed by atoms with Gasteiger partial charge in [0, 0.05) is 23.5 Å². The van der Waals surface area contributed by atoms with Gasteiger partial charge in [0.2, 0.25) is 0 Å². The minimum Gasteiger partial charge on any atom is -0.346 e. The summed E-state index contributed by atoms with van der Waals surface area (Å²) in [4.78, 5) is 20.7. The van der Waals surface area contributed by atoms with Crippen molar-refractivity contribution in [3.8, 4) is 11.3 Å². The van der Waals surface area contributed by atoms with Crippen molar-refractivity contribution >= 4 is 5.91 Å². The van der Waals surface area contributed by atoms with Crippen LogP contribution in [0.2, 0.25) is 0 Å². The molecular formula is C19H17N3O. The van der Waals surface area contributed by atoms with Crippen LogP contribution in [0, 0.1) is 6.92 Å². The smallest absolute Gasteiger partial charge is 0.251 e. The maximum absolute atomic E-state index is 12.2. The Morgan fingerprint density at radius 2 is 1.83 bits per heavy atom. The van der Waals surface area contributed by atoms with Gasteiger partial charge in [0.1, 0.15) is 0 Å². The molecule has 0 unspecified atom stereocenters. The van der Waals surface area contributed by atoms with Gasteiger partial charge >= 0.3 is 0 Å². The Morgan fingerprint density at radius 1 is 1.00 bits per heavy atom. The minimum atomic E-state index is -0.112. The van der Waals surface area contributed by atoms with Crippen molar-refractivity contribution in [2.24, 2.45) is 0 Å². The van der Waals surface area contributed by atoms with Crippen LogP contribution in [0.25, 0.3) is 11.3 Å². The van der Waals surface area contributed by atoms with Crippen LogP contribution in [-0.2, 0) is 6.54 Å². The summed E-state index contributed by atoms with van der Waals surface area (Å²) in [6.07, 6.45) is 3.50. The van der Waals surface area contributed by atoms with Crippen molar-refractivity contribution in [1.82, 2.24) is 15.3 Å². The molecule has 0 aliphatic carbocycles. The molecule has 0 aliphatic heterocycles. The van der Waals surface area contributed by atoms with Crippen molar-refractivity contribution in [2.45, 2.75) is 13.5 Å². The standard InChI is InChI=1S/C19H17N3O/c1-14-9-11-21-18(12-14)15-5-7-16(8-6-15)19(23)22-13-17-4-2-3-10-20-17/h2-12H,13H2,1H3,(H,22,23). The number of carbonyl (C=O) groups is 1. The van der Waals surface area contributed by atoms with Crippen LogP contribution in [0.1, 0.15) is 21.6 Å². The summed E-state index contributed by atoms with van der Waals surface area (Å²) in [6.45, 7) is 2.45. The van der Waals surface area contributed by atoms with Gasteiger partial charge in [-0.3, -0.25) is 14.8 Å².